The fourth-order valence-corrected chi connectivity index (χ4v) is 1.88. The SMILES string of the molecule is CC1CCC1c1ccc(O)cc1. The highest BCUT2D eigenvalue weighted by Gasteiger charge is 2.27. The molecule has 2 rings (SSSR count). The van der Waals surface area contributed by atoms with Gasteiger partial charge in [-0.15, -0.1) is 0 Å². The molecule has 1 fully saturated rings. The molecule has 1 aromatic rings. The van der Waals surface area contributed by atoms with Crippen LogP contribution in [-0.4, -0.2) is 5.11 Å². The van der Waals surface area contributed by atoms with Crippen LogP contribution in [0.4, 0.5) is 0 Å². The smallest absolute Gasteiger partial charge is 0.115 e. The average Bonchev–Trinajstić information content (AvgIpc) is 2.06. The average molecular weight is 162 g/mol. The van der Waals surface area contributed by atoms with Gasteiger partial charge in [-0.05, 0) is 42.4 Å². The van der Waals surface area contributed by atoms with Crippen LogP contribution < -0.4 is 0 Å². The molecule has 2 unspecified atom stereocenters. The van der Waals surface area contributed by atoms with E-state index in [1.165, 1.54) is 18.4 Å². The van der Waals surface area contributed by atoms with Gasteiger partial charge in [0.1, 0.15) is 5.75 Å². The molecule has 2 atom stereocenters. The van der Waals surface area contributed by atoms with E-state index in [2.05, 4.69) is 6.92 Å². The van der Waals surface area contributed by atoms with Gasteiger partial charge in [-0.25, -0.2) is 0 Å². The lowest BCUT2D eigenvalue weighted by Crippen LogP contribution is -2.20. The summed E-state index contributed by atoms with van der Waals surface area (Å²) in [5, 5.41) is 9.10. The zero-order chi connectivity index (χ0) is 8.55. The summed E-state index contributed by atoms with van der Waals surface area (Å²) >= 11 is 0. The Labute approximate surface area is 73.0 Å². The molecule has 0 spiro atoms. The second-order valence-corrected chi connectivity index (χ2v) is 3.75. The van der Waals surface area contributed by atoms with Gasteiger partial charge < -0.3 is 5.11 Å². The Hall–Kier alpha value is -0.980. The Morgan fingerprint density at radius 3 is 2.25 bits per heavy atom. The fourth-order valence-electron chi connectivity index (χ4n) is 1.88. The van der Waals surface area contributed by atoms with Crippen molar-refractivity contribution in [3.63, 3.8) is 0 Å². The van der Waals surface area contributed by atoms with Crippen molar-refractivity contribution in [2.24, 2.45) is 5.92 Å². The van der Waals surface area contributed by atoms with Crippen molar-refractivity contribution in [1.29, 1.82) is 0 Å². The standard InChI is InChI=1S/C11H14O/c1-8-2-7-11(8)9-3-5-10(12)6-4-9/h3-6,8,11-12H,2,7H2,1H3. The number of aromatic hydroxyl groups is 1. The minimum Gasteiger partial charge on any atom is -0.508 e. The van der Waals surface area contributed by atoms with Gasteiger partial charge in [-0.2, -0.15) is 0 Å². The summed E-state index contributed by atoms with van der Waals surface area (Å²) in [5.41, 5.74) is 1.38. The maximum Gasteiger partial charge on any atom is 0.115 e. The molecule has 0 aromatic heterocycles. The van der Waals surface area contributed by atoms with Gasteiger partial charge >= 0.3 is 0 Å². The number of benzene rings is 1. The van der Waals surface area contributed by atoms with Crippen molar-refractivity contribution in [3.8, 4) is 5.75 Å². The van der Waals surface area contributed by atoms with Crippen LogP contribution in [0.15, 0.2) is 24.3 Å². The molecule has 1 heteroatoms. The summed E-state index contributed by atoms with van der Waals surface area (Å²) in [4.78, 5) is 0. The Kier molecular flexibility index (Phi) is 1.80. The highest BCUT2D eigenvalue weighted by Crippen LogP contribution is 2.42. The molecule has 0 saturated heterocycles. The van der Waals surface area contributed by atoms with Gasteiger partial charge in [0.15, 0.2) is 0 Å². The summed E-state index contributed by atoms with van der Waals surface area (Å²) in [6, 6.07) is 7.63. The Bertz CT molecular complexity index is 263. The van der Waals surface area contributed by atoms with E-state index >= 15 is 0 Å². The van der Waals surface area contributed by atoms with Crippen LogP contribution in [0.3, 0.4) is 0 Å². The van der Waals surface area contributed by atoms with Crippen LogP contribution >= 0.6 is 0 Å². The lowest BCUT2D eigenvalue weighted by atomic mass is 9.71. The molecule has 1 nitrogen and oxygen atoms in total. The molecule has 1 aliphatic carbocycles. The zero-order valence-electron chi connectivity index (χ0n) is 7.33. The van der Waals surface area contributed by atoms with Crippen LogP contribution in [0.1, 0.15) is 31.2 Å². The van der Waals surface area contributed by atoms with Gasteiger partial charge in [0, 0.05) is 0 Å². The van der Waals surface area contributed by atoms with Crippen LogP contribution in [0, 0.1) is 5.92 Å². The van der Waals surface area contributed by atoms with Crippen molar-refractivity contribution < 1.29 is 5.11 Å². The largest absolute Gasteiger partial charge is 0.508 e. The molecular weight excluding hydrogens is 148 g/mol. The summed E-state index contributed by atoms with van der Waals surface area (Å²) in [6.45, 7) is 2.29. The van der Waals surface area contributed by atoms with Gasteiger partial charge in [-0.1, -0.05) is 19.1 Å². The monoisotopic (exact) mass is 162 g/mol. The summed E-state index contributed by atoms with van der Waals surface area (Å²) < 4.78 is 0. The summed E-state index contributed by atoms with van der Waals surface area (Å²) in [6.07, 6.45) is 2.66. The first-order chi connectivity index (χ1) is 5.77. The first-order valence-electron chi connectivity index (χ1n) is 4.56. The van der Waals surface area contributed by atoms with E-state index in [9.17, 15) is 0 Å². The van der Waals surface area contributed by atoms with Gasteiger partial charge in [0.25, 0.3) is 0 Å². The molecule has 1 saturated carbocycles. The van der Waals surface area contributed by atoms with E-state index in [0.29, 0.717) is 5.75 Å². The number of hydrogen-bond acceptors (Lipinski definition) is 1. The highest BCUT2D eigenvalue weighted by molar-refractivity contribution is 5.29. The van der Waals surface area contributed by atoms with Crippen molar-refractivity contribution >= 4 is 0 Å². The van der Waals surface area contributed by atoms with E-state index in [1.54, 1.807) is 12.1 Å². The van der Waals surface area contributed by atoms with Gasteiger partial charge in [0.05, 0.1) is 0 Å². The first kappa shape index (κ1) is 7.66. The molecule has 1 aromatic carbocycles. The third kappa shape index (κ3) is 1.20. The fraction of sp³-hybridized carbons (Fsp3) is 0.455. The topological polar surface area (TPSA) is 20.2 Å². The molecule has 0 amide bonds. The third-order valence-electron chi connectivity index (χ3n) is 2.94. The maximum atomic E-state index is 9.10. The molecule has 0 aliphatic heterocycles. The summed E-state index contributed by atoms with van der Waals surface area (Å²) in [7, 11) is 0. The van der Waals surface area contributed by atoms with Crippen LogP contribution in [-0.2, 0) is 0 Å². The molecule has 1 aliphatic rings. The Morgan fingerprint density at radius 2 is 1.83 bits per heavy atom. The predicted octanol–water partition coefficient (Wildman–Crippen LogP) is 2.91. The van der Waals surface area contributed by atoms with Crippen LogP contribution in [0.2, 0.25) is 0 Å². The predicted molar refractivity (Wildman–Crippen MR) is 49.2 cm³/mol. The Balaban J connectivity index is 2.18. The minimum atomic E-state index is 0.366. The first-order valence-corrected chi connectivity index (χ1v) is 4.56. The number of phenolic OH excluding ortho intramolecular Hbond substituents is 1. The second kappa shape index (κ2) is 2.81. The minimum absolute atomic E-state index is 0.366. The number of phenols is 1. The van der Waals surface area contributed by atoms with Crippen molar-refractivity contribution in [2.45, 2.75) is 25.7 Å². The molecule has 0 bridgehead atoms. The van der Waals surface area contributed by atoms with E-state index in [1.807, 2.05) is 12.1 Å². The van der Waals surface area contributed by atoms with Crippen LogP contribution in [0.25, 0.3) is 0 Å². The van der Waals surface area contributed by atoms with Crippen molar-refractivity contribution in [3.05, 3.63) is 29.8 Å². The summed E-state index contributed by atoms with van der Waals surface area (Å²) in [5.74, 6) is 1.94. The molecule has 12 heavy (non-hydrogen) atoms. The maximum absolute atomic E-state index is 9.10. The Morgan fingerprint density at radius 1 is 1.17 bits per heavy atom. The molecule has 0 radical (unpaired) electrons. The van der Waals surface area contributed by atoms with E-state index < -0.39 is 0 Å². The van der Waals surface area contributed by atoms with Gasteiger partial charge in [0.2, 0.25) is 0 Å². The molecule has 64 valence electrons. The van der Waals surface area contributed by atoms with Gasteiger partial charge in [-0.3, -0.25) is 0 Å². The van der Waals surface area contributed by atoms with Crippen molar-refractivity contribution in [1.82, 2.24) is 0 Å². The number of hydrogen-bond donors (Lipinski definition) is 1. The van der Waals surface area contributed by atoms with E-state index in [0.717, 1.165) is 11.8 Å². The van der Waals surface area contributed by atoms with Crippen molar-refractivity contribution in [2.75, 3.05) is 0 Å². The highest BCUT2D eigenvalue weighted by atomic mass is 16.3. The second-order valence-electron chi connectivity index (χ2n) is 3.75. The number of rotatable bonds is 1. The van der Waals surface area contributed by atoms with E-state index in [4.69, 9.17) is 5.11 Å². The lowest BCUT2D eigenvalue weighted by Gasteiger charge is -2.34. The van der Waals surface area contributed by atoms with E-state index in [-0.39, 0.29) is 0 Å². The molecular formula is C11H14O. The molecule has 0 heterocycles. The normalized spacial score (nSPS) is 28.1. The third-order valence-corrected chi connectivity index (χ3v) is 2.94. The lowest BCUT2D eigenvalue weighted by molar-refractivity contribution is 0.280. The quantitative estimate of drug-likeness (QED) is 0.673. The molecule has 1 N–H and O–H groups in total. The zero-order valence-corrected chi connectivity index (χ0v) is 7.33. The van der Waals surface area contributed by atoms with Crippen LogP contribution in [0.5, 0.6) is 5.75 Å².